The first-order chi connectivity index (χ1) is 27.0. The lowest BCUT2D eigenvalue weighted by Crippen LogP contribution is -2.53. The lowest BCUT2D eigenvalue weighted by atomic mass is 9.99. The zero-order valence-corrected chi connectivity index (χ0v) is 36.7. The predicted octanol–water partition coefficient (Wildman–Crippen LogP) is 13.1. The van der Waals surface area contributed by atoms with Gasteiger partial charge in [0.2, 0.25) is 5.91 Å². The van der Waals surface area contributed by atoms with E-state index in [1.54, 1.807) is 0 Å². The molecular formula is C49H95NO5. The highest BCUT2D eigenvalue weighted by atomic mass is 16.3. The van der Waals surface area contributed by atoms with E-state index in [-0.39, 0.29) is 0 Å². The molecule has 4 unspecified atom stereocenters. The molecule has 0 aromatic heterocycles. The third kappa shape index (κ3) is 38.1. The maximum atomic E-state index is 12.5. The van der Waals surface area contributed by atoms with E-state index in [0.29, 0.717) is 12.8 Å². The summed E-state index contributed by atoms with van der Waals surface area (Å²) >= 11 is 0. The summed E-state index contributed by atoms with van der Waals surface area (Å²) in [6.07, 6.45) is 50.7. The lowest BCUT2D eigenvalue weighted by Gasteiger charge is -2.27. The largest absolute Gasteiger partial charge is 0.394 e. The number of hydrogen-bond acceptors (Lipinski definition) is 5. The van der Waals surface area contributed by atoms with E-state index in [0.717, 1.165) is 51.4 Å². The molecule has 0 aliphatic rings. The first kappa shape index (κ1) is 53.8. The van der Waals surface area contributed by atoms with Crippen molar-refractivity contribution in [3.8, 4) is 0 Å². The van der Waals surface area contributed by atoms with Gasteiger partial charge in [0.25, 0.3) is 0 Å². The molecule has 0 saturated heterocycles. The first-order valence-electron chi connectivity index (χ1n) is 24.2. The van der Waals surface area contributed by atoms with E-state index in [9.17, 15) is 25.2 Å². The Kier molecular flexibility index (Phi) is 42.9. The number of amides is 1. The van der Waals surface area contributed by atoms with Crippen LogP contribution in [0.3, 0.4) is 0 Å². The van der Waals surface area contributed by atoms with Gasteiger partial charge in [-0.2, -0.15) is 0 Å². The van der Waals surface area contributed by atoms with Crippen molar-refractivity contribution in [1.29, 1.82) is 0 Å². The molecule has 0 fully saturated rings. The van der Waals surface area contributed by atoms with Crippen molar-refractivity contribution in [2.24, 2.45) is 0 Å². The highest BCUT2D eigenvalue weighted by Gasteiger charge is 2.28. The molecule has 0 heterocycles. The summed E-state index contributed by atoms with van der Waals surface area (Å²) in [6.45, 7) is 3.97. The lowest BCUT2D eigenvalue weighted by molar-refractivity contribution is -0.132. The van der Waals surface area contributed by atoms with E-state index >= 15 is 0 Å². The maximum absolute atomic E-state index is 12.5. The molecule has 0 saturated carbocycles. The average molecular weight is 778 g/mol. The molecule has 0 aromatic rings. The number of nitrogens with one attached hydrogen (secondary N) is 1. The highest BCUT2D eigenvalue weighted by Crippen LogP contribution is 2.17. The molecule has 0 aromatic carbocycles. The zero-order chi connectivity index (χ0) is 40.3. The number of aliphatic hydroxyl groups is 4. The molecule has 0 bridgehead atoms. The first-order valence-corrected chi connectivity index (χ1v) is 24.2. The van der Waals surface area contributed by atoms with Gasteiger partial charge in [-0.05, 0) is 38.5 Å². The fourth-order valence-corrected chi connectivity index (χ4v) is 7.62. The number of unbranched alkanes of at least 4 members (excludes halogenated alkanes) is 31. The summed E-state index contributed by atoms with van der Waals surface area (Å²) in [5.74, 6) is -0.582. The second kappa shape index (κ2) is 43.9. The number of rotatable bonds is 44. The van der Waals surface area contributed by atoms with E-state index in [1.807, 2.05) is 0 Å². The van der Waals surface area contributed by atoms with Crippen LogP contribution in [0.25, 0.3) is 0 Å². The minimum Gasteiger partial charge on any atom is -0.394 e. The van der Waals surface area contributed by atoms with Crippen LogP contribution in [0.15, 0.2) is 24.3 Å². The predicted molar refractivity (Wildman–Crippen MR) is 237 cm³/mol. The topological polar surface area (TPSA) is 110 Å². The van der Waals surface area contributed by atoms with Crippen LogP contribution in [-0.2, 0) is 4.79 Å². The minimum atomic E-state index is -1.26. The normalized spacial score (nSPS) is 14.2. The Balaban J connectivity index is 3.67. The van der Waals surface area contributed by atoms with Gasteiger partial charge in [0.1, 0.15) is 12.2 Å². The van der Waals surface area contributed by atoms with Crippen molar-refractivity contribution < 1.29 is 25.2 Å². The second-order valence-electron chi connectivity index (χ2n) is 16.8. The van der Waals surface area contributed by atoms with Crippen molar-refractivity contribution in [3.63, 3.8) is 0 Å². The van der Waals surface area contributed by atoms with Crippen LogP contribution in [0.1, 0.15) is 251 Å². The summed E-state index contributed by atoms with van der Waals surface area (Å²) in [5.41, 5.74) is 0. The second-order valence-corrected chi connectivity index (χ2v) is 16.8. The summed E-state index contributed by atoms with van der Waals surface area (Å²) < 4.78 is 0. The maximum Gasteiger partial charge on any atom is 0.249 e. The number of carbonyl (C=O) groups is 1. The van der Waals surface area contributed by atoms with Gasteiger partial charge in [0.05, 0.1) is 18.8 Å². The van der Waals surface area contributed by atoms with Crippen LogP contribution in [0.5, 0.6) is 0 Å². The van der Waals surface area contributed by atoms with Gasteiger partial charge in [-0.3, -0.25) is 4.79 Å². The Morgan fingerprint density at radius 1 is 0.473 bits per heavy atom. The molecule has 6 heteroatoms. The van der Waals surface area contributed by atoms with Crippen molar-refractivity contribution in [2.75, 3.05) is 6.61 Å². The van der Waals surface area contributed by atoms with Gasteiger partial charge in [-0.25, -0.2) is 0 Å². The van der Waals surface area contributed by atoms with Crippen molar-refractivity contribution in [3.05, 3.63) is 24.3 Å². The van der Waals surface area contributed by atoms with Crippen LogP contribution < -0.4 is 5.32 Å². The van der Waals surface area contributed by atoms with Gasteiger partial charge in [-0.1, -0.05) is 237 Å². The number of allylic oxidation sites excluding steroid dienone is 4. The van der Waals surface area contributed by atoms with E-state index in [4.69, 9.17) is 0 Å². The molecule has 6 nitrogen and oxygen atoms in total. The Bertz CT molecular complexity index is 832. The fraction of sp³-hybridized carbons (Fsp3) is 0.898. The molecule has 0 spiro atoms. The van der Waals surface area contributed by atoms with Gasteiger partial charge in [-0.15, -0.1) is 0 Å². The van der Waals surface area contributed by atoms with Gasteiger partial charge >= 0.3 is 0 Å². The fourth-order valence-electron chi connectivity index (χ4n) is 7.62. The zero-order valence-electron chi connectivity index (χ0n) is 36.7. The highest BCUT2D eigenvalue weighted by molar-refractivity contribution is 5.80. The summed E-state index contributed by atoms with van der Waals surface area (Å²) in [7, 11) is 0. The average Bonchev–Trinajstić information content (AvgIpc) is 3.19. The van der Waals surface area contributed by atoms with Crippen LogP contribution in [0.4, 0.5) is 0 Å². The van der Waals surface area contributed by atoms with Crippen LogP contribution in [-0.4, -0.2) is 57.3 Å². The molecule has 0 radical (unpaired) electrons. The monoisotopic (exact) mass is 778 g/mol. The summed E-state index contributed by atoms with van der Waals surface area (Å²) in [6, 6.07) is -0.983. The molecule has 1 amide bonds. The number of hydrogen-bond donors (Lipinski definition) is 5. The summed E-state index contributed by atoms with van der Waals surface area (Å²) in [5, 5.41) is 43.8. The van der Waals surface area contributed by atoms with Crippen molar-refractivity contribution in [1.82, 2.24) is 5.32 Å². The Morgan fingerprint density at radius 2 is 0.836 bits per heavy atom. The van der Waals surface area contributed by atoms with E-state index in [2.05, 4.69) is 43.5 Å². The Labute approximate surface area is 342 Å². The minimum absolute atomic E-state index is 0.370. The van der Waals surface area contributed by atoms with E-state index < -0.39 is 36.9 Å². The van der Waals surface area contributed by atoms with E-state index in [1.165, 1.54) is 173 Å². The van der Waals surface area contributed by atoms with Gasteiger partial charge in [0, 0.05) is 0 Å². The quantitative estimate of drug-likeness (QED) is 0.0313. The molecule has 5 N–H and O–H groups in total. The van der Waals surface area contributed by atoms with Gasteiger partial charge < -0.3 is 25.7 Å². The molecule has 0 rings (SSSR count). The van der Waals surface area contributed by atoms with Crippen LogP contribution in [0, 0.1) is 0 Å². The van der Waals surface area contributed by atoms with Crippen molar-refractivity contribution >= 4 is 5.91 Å². The molecule has 55 heavy (non-hydrogen) atoms. The Hall–Kier alpha value is -1.21. The van der Waals surface area contributed by atoms with Crippen LogP contribution in [0.2, 0.25) is 0 Å². The summed E-state index contributed by atoms with van der Waals surface area (Å²) in [4.78, 5) is 12.5. The third-order valence-electron chi connectivity index (χ3n) is 11.4. The molecule has 0 aliphatic carbocycles. The number of carbonyl (C=O) groups excluding carboxylic acids is 1. The molecule has 0 aliphatic heterocycles. The third-order valence-corrected chi connectivity index (χ3v) is 11.4. The molecule has 326 valence electrons. The Morgan fingerprint density at radius 3 is 1.24 bits per heavy atom. The van der Waals surface area contributed by atoms with Crippen molar-refractivity contribution in [2.45, 2.75) is 276 Å². The standard InChI is InChI=1S/C49H95NO5/c1-3-5-7-9-11-13-15-17-19-21-23-25-27-29-31-33-35-37-39-41-43-47(53)49(55)50-45(44-51)48(54)46(52)42-40-38-36-34-32-30-28-26-24-22-20-18-16-14-12-10-8-6-4-2/h5,7,11,13,45-48,51-54H,3-4,6,8-10,12,14-44H2,1-2H3,(H,50,55)/b7-5-,13-11-. The van der Waals surface area contributed by atoms with Gasteiger partial charge in [0.15, 0.2) is 0 Å². The number of aliphatic hydroxyl groups excluding tert-OH is 4. The van der Waals surface area contributed by atoms with Crippen LogP contribution >= 0.6 is 0 Å². The molecule has 4 atom stereocenters. The smallest absolute Gasteiger partial charge is 0.249 e. The molecular weight excluding hydrogens is 683 g/mol. The SMILES string of the molecule is CC/C=C\C/C=C\CCCCCCCCCCCCCCCC(O)C(=O)NC(CO)C(O)C(O)CCCCCCCCCCCCCCCCCCCCC.